The van der Waals surface area contributed by atoms with Gasteiger partial charge < -0.3 is 15.1 Å². The third-order valence-electron chi connectivity index (χ3n) is 2.30. The second-order valence-corrected chi connectivity index (χ2v) is 3.42. The van der Waals surface area contributed by atoms with Gasteiger partial charge >= 0.3 is 12.0 Å². The topological polar surface area (TPSA) is 68.2 Å². The maximum absolute atomic E-state index is 5.40. The Bertz CT molecular complexity index is 440. The van der Waals surface area contributed by atoms with Crippen LogP contribution in [-0.4, -0.2) is 16.7 Å². The Hall–Kier alpha value is -2.04. The van der Waals surface area contributed by atoms with Gasteiger partial charge in [0.2, 0.25) is 0 Å². The van der Waals surface area contributed by atoms with Crippen molar-refractivity contribution in [2.45, 2.75) is 13.5 Å². The average molecular weight is 218 g/mol. The number of nitrogens with zero attached hydrogens (tertiary/aromatic N) is 3. The Morgan fingerprint density at radius 2 is 2.00 bits per heavy atom. The number of rotatable bonds is 4. The Morgan fingerprint density at radius 1 is 1.25 bits per heavy atom. The smallest absolute Gasteiger partial charge is 0.319 e. The first-order valence-corrected chi connectivity index (χ1v) is 5.17. The van der Waals surface area contributed by atoms with Gasteiger partial charge in [0, 0.05) is 13.1 Å². The monoisotopic (exact) mass is 218 g/mol. The largest absolute Gasteiger partial charge is 0.390 e. The molecule has 0 bridgehead atoms. The zero-order chi connectivity index (χ0) is 11.4. The van der Waals surface area contributed by atoms with Crippen LogP contribution in [0.15, 0.2) is 34.7 Å². The van der Waals surface area contributed by atoms with Crippen LogP contribution in [-0.2, 0) is 6.54 Å². The first-order valence-electron chi connectivity index (χ1n) is 5.17. The average Bonchev–Trinajstić information content (AvgIpc) is 2.74. The van der Waals surface area contributed by atoms with E-state index in [-0.39, 0.29) is 6.01 Å². The van der Waals surface area contributed by atoms with Gasteiger partial charge in [-0.25, -0.2) is 0 Å². The van der Waals surface area contributed by atoms with Crippen molar-refractivity contribution in [2.24, 2.45) is 0 Å². The molecule has 0 saturated carbocycles. The fourth-order valence-corrected chi connectivity index (χ4v) is 1.47. The van der Waals surface area contributed by atoms with Gasteiger partial charge in [-0.1, -0.05) is 40.5 Å². The van der Waals surface area contributed by atoms with Gasteiger partial charge in [0.05, 0.1) is 0 Å². The standard InChI is InChI=1S/C11H14N4O/c1-2-15(11-14-13-10(12)16-11)8-9-6-4-3-5-7-9/h3-7H,2,8H2,1H3,(H2,12,13). The van der Waals surface area contributed by atoms with E-state index in [0.29, 0.717) is 6.01 Å². The molecule has 0 spiro atoms. The second-order valence-electron chi connectivity index (χ2n) is 3.42. The van der Waals surface area contributed by atoms with E-state index in [2.05, 4.69) is 22.3 Å². The fourth-order valence-electron chi connectivity index (χ4n) is 1.47. The molecule has 2 rings (SSSR count). The van der Waals surface area contributed by atoms with Crippen LogP contribution in [0.5, 0.6) is 0 Å². The summed E-state index contributed by atoms with van der Waals surface area (Å²) in [7, 11) is 0. The minimum Gasteiger partial charge on any atom is -0.390 e. The van der Waals surface area contributed by atoms with Gasteiger partial charge in [0.25, 0.3) is 0 Å². The minimum atomic E-state index is 0.0986. The van der Waals surface area contributed by atoms with Crippen LogP contribution in [0.25, 0.3) is 0 Å². The van der Waals surface area contributed by atoms with E-state index in [0.717, 1.165) is 13.1 Å². The van der Waals surface area contributed by atoms with Crippen molar-refractivity contribution in [1.82, 2.24) is 10.2 Å². The lowest BCUT2D eigenvalue weighted by Gasteiger charge is -2.17. The molecule has 0 aliphatic heterocycles. The summed E-state index contributed by atoms with van der Waals surface area (Å²) in [6, 6.07) is 10.7. The molecule has 0 aliphatic rings. The summed E-state index contributed by atoms with van der Waals surface area (Å²) >= 11 is 0. The molecule has 0 radical (unpaired) electrons. The third-order valence-corrected chi connectivity index (χ3v) is 2.30. The Morgan fingerprint density at radius 3 is 2.56 bits per heavy atom. The van der Waals surface area contributed by atoms with Crippen molar-refractivity contribution >= 4 is 12.0 Å². The molecule has 1 aromatic carbocycles. The zero-order valence-corrected chi connectivity index (χ0v) is 9.13. The van der Waals surface area contributed by atoms with Crippen LogP contribution in [0.4, 0.5) is 12.0 Å². The molecule has 0 atom stereocenters. The van der Waals surface area contributed by atoms with Crippen molar-refractivity contribution in [3.8, 4) is 0 Å². The first kappa shape index (κ1) is 10.5. The summed E-state index contributed by atoms with van der Waals surface area (Å²) in [5.74, 6) is 0. The summed E-state index contributed by atoms with van der Waals surface area (Å²) in [5.41, 5.74) is 6.59. The number of hydrogen-bond acceptors (Lipinski definition) is 5. The lowest BCUT2D eigenvalue weighted by molar-refractivity contribution is 0.549. The lowest BCUT2D eigenvalue weighted by Crippen LogP contribution is -2.22. The fraction of sp³-hybridized carbons (Fsp3) is 0.273. The van der Waals surface area contributed by atoms with Gasteiger partial charge in [-0.2, -0.15) is 0 Å². The van der Waals surface area contributed by atoms with Gasteiger partial charge in [-0.3, -0.25) is 0 Å². The summed E-state index contributed by atoms with van der Waals surface area (Å²) in [6.45, 7) is 3.55. The van der Waals surface area contributed by atoms with Gasteiger partial charge in [0.1, 0.15) is 0 Å². The summed E-state index contributed by atoms with van der Waals surface area (Å²) in [5, 5.41) is 7.51. The molecule has 1 heterocycles. The highest BCUT2D eigenvalue weighted by Crippen LogP contribution is 2.15. The molecule has 5 nitrogen and oxygen atoms in total. The van der Waals surface area contributed by atoms with Crippen LogP contribution in [0.2, 0.25) is 0 Å². The van der Waals surface area contributed by atoms with Crippen molar-refractivity contribution in [1.29, 1.82) is 0 Å². The maximum atomic E-state index is 5.40. The van der Waals surface area contributed by atoms with Crippen molar-refractivity contribution in [2.75, 3.05) is 17.2 Å². The number of benzene rings is 1. The number of anilines is 2. The summed E-state index contributed by atoms with van der Waals surface area (Å²) in [6.07, 6.45) is 0. The molecule has 5 heteroatoms. The van der Waals surface area contributed by atoms with E-state index in [1.165, 1.54) is 5.56 Å². The quantitative estimate of drug-likeness (QED) is 0.845. The Labute approximate surface area is 93.9 Å². The molecule has 0 amide bonds. The highest BCUT2D eigenvalue weighted by molar-refractivity contribution is 5.30. The van der Waals surface area contributed by atoms with E-state index >= 15 is 0 Å². The SMILES string of the molecule is CCN(Cc1ccccc1)c1nnc(N)o1. The molecular weight excluding hydrogens is 204 g/mol. The molecular formula is C11H14N4O. The van der Waals surface area contributed by atoms with Crippen molar-refractivity contribution in [3.63, 3.8) is 0 Å². The van der Waals surface area contributed by atoms with Crippen molar-refractivity contribution < 1.29 is 4.42 Å². The van der Waals surface area contributed by atoms with Gasteiger partial charge in [0.15, 0.2) is 0 Å². The van der Waals surface area contributed by atoms with Gasteiger partial charge in [-0.15, -0.1) is 0 Å². The zero-order valence-electron chi connectivity index (χ0n) is 9.13. The van der Waals surface area contributed by atoms with Crippen LogP contribution >= 0.6 is 0 Å². The van der Waals surface area contributed by atoms with E-state index in [4.69, 9.17) is 10.2 Å². The predicted molar refractivity (Wildman–Crippen MR) is 61.9 cm³/mol. The molecule has 2 aromatic rings. The lowest BCUT2D eigenvalue weighted by atomic mass is 10.2. The third kappa shape index (κ3) is 2.31. The van der Waals surface area contributed by atoms with E-state index in [9.17, 15) is 0 Å². The van der Waals surface area contributed by atoms with Crippen LogP contribution in [0, 0.1) is 0 Å². The summed E-state index contributed by atoms with van der Waals surface area (Å²) in [4.78, 5) is 1.97. The molecule has 0 unspecified atom stereocenters. The molecule has 0 fully saturated rings. The van der Waals surface area contributed by atoms with E-state index < -0.39 is 0 Å². The number of hydrogen-bond donors (Lipinski definition) is 1. The minimum absolute atomic E-state index is 0.0986. The number of aromatic nitrogens is 2. The predicted octanol–water partition coefficient (Wildman–Crippen LogP) is 1.68. The highest BCUT2D eigenvalue weighted by Gasteiger charge is 2.11. The van der Waals surface area contributed by atoms with Crippen molar-refractivity contribution in [3.05, 3.63) is 35.9 Å². The highest BCUT2D eigenvalue weighted by atomic mass is 16.4. The van der Waals surface area contributed by atoms with Crippen LogP contribution in [0.1, 0.15) is 12.5 Å². The maximum Gasteiger partial charge on any atom is 0.319 e. The number of nitrogen functional groups attached to an aromatic ring is 1. The summed E-state index contributed by atoms with van der Waals surface area (Å²) < 4.78 is 5.19. The molecule has 0 aliphatic carbocycles. The van der Waals surface area contributed by atoms with E-state index in [1.54, 1.807) is 0 Å². The first-order chi connectivity index (χ1) is 7.79. The molecule has 16 heavy (non-hydrogen) atoms. The van der Waals surface area contributed by atoms with E-state index in [1.807, 2.05) is 30.0 Å². The number of nitrogens with two attached hydrogens (primary N) is 1. The molecule has 0 saturated heterocycles. The Balaban J connectivity index is 2.12. The van der Waals surface area contributed by atoms with Crippen LogP contribution < -0.4 is 10.6 Å². The molecule has 84 valence electrons. The van der Waals surface area contributed by atoms with Crippen LogP contribution in [0.3, 0.4) is 0 Å². The van der Waals surface area contributed by atoms with Gasteiger partial charge in [-0.05, 0) is 12.5 Å². The molecule has 1 aromatic heterocycles. The molecule has 2 N–H and O–H groups in total. The normalized spacial score (nSPS) is 10.3. The Kier molecular flexibility index (Phi) is 3.05. The second kappa shape index (κ2) is 4.65.